The number of nitrogens with one attached hydrogen (secondary N) is 2. The fraction of sp³-hybridized carbons (Fsp3) is 0.562. The standard InChI is InChI=1S/C32H49F2N5O7S2/c1-8-11-38(12-9-2)32(42)25-17-24(18-28(19-25)48(45,46)37(6)7)31(41)35-29(16-23-14-26(33)20-27(34)15-23)30(40)21-39(13-10-3)36-47(43,44)22(4)5/h14-15,17-20,22,29-30,36,40H,8-13,16,21H2,1-7H3,(H,35,41). The molecular formula is C32H49F2N5O7S2. The van der Waals surface area contributed by atoms with Gasteiger partial charge in [-0.05, 0) is 75.4 Å². The predicted molar refractivity (Wildman–Crippen MR) is 180 cm³/mol. The Labute approximate surface area is 283 Å². The monoisotopic (exact) mass is 717 g/mol. The number of benzene rings is 2. The Kier molecular flexibility index (Phi) is 15.5. The second-order valence-corrected chi connectivity index (χ2v) is 16.5. The van der Waals surface area contributed by atoms with E-state index < -0.39 is 60.9 Å². The van der Waals surface area contributed by atoms with Gasteiger partial charge in [0.25, 0.3) is 11.8 Å². The van der Waals surface area contributed by atoms with Crippen molar-refractivity contribution >= 4 is 31.9 Å². The summed E-state index contributed by atoms with van der Waals surface area (Å²) in [5, 5.41) is 14.5. The Morgan fingerprint density at radius 3 is 1.88 bits per heavy atom. The first-order valence-corrected chi connectivity index (χ1v) is 18.9. The van der Waals surface area contributed by atoms with Crippen LogP contribution in [-0.4, -0.2) is 106 Å². The van der Waals surface area contributed by atoms with Crippen LogP contribution in [0.25, 0.3) is 0 Å². The number of carbonyl (C=O) groups excluding carboxylic acids is 2. The molecule has 12 nitrogen and oxygen atoms in total. The van der Waals surface area contributed by atoms with Crippen molar-refractivity contribution in [1.29, 1.82) is 0 Å². The summed E-state index contributed by atoms with van der Waals surface area (Å²) in [5.74, 6) is -3.10. The van der Waals surface area contributed by atoms with Gasteiger partial charge in [0, 0.05) is 57.5 Å². The molecule has 2 rings (SSSR count). The number of sulfonamides is 2. The number of aliphatic hydroxyl groups excluding tert-OH is 1. The molecule has 0 aromatic heterocycles. The molecule has 48 heavy (non-hydrogen) atoms. The van der Waals surface area contributed by atoms with Crippen LogP contribution in [0, 0.1) is 11.6 Å². The van der Waals surface area contributed by atoms with E-state index in [2.05, 4.69) is 10.1 Å². The zero-order chi connectivity index (χ0) is 36.4. The highest BCUT2D eigenvalue weighted by Crippen LogP contribution is 2.21. The van der Waals surface area contributed by atoms with Crippen LogP contribution in [0.15, 0.2) is 41.3 Å². The minimum absolute atomic E-state index is 0.0357. The quantitative estimate of drug-likeness (QED) is 0.187. The Morgan fingerprint density at radius 2 is 1.38 bits per heavy atom. The van der Waals surface area contributed by atoms with Crippen LogP contribution in [0.5, 0.6) is 0 Å². The van der Waals surface area contributed by atoms with E-state index in [1.54, 1.807) is 11.8 Å². The minimum Gasteiger partial charge on any atom is -0.390 e. The van der Waals surface area contributed by atoms with Crippen LogP contribution in [0.2, 0.25) is 0 Å². The first-order valence-electron chi connectivity index (χ1n) is 15.9. The third-order valence-electron chi connectivity index (χ3n) is 7.41. The topological polar surface area (TPSA) is 156 Å². The summed E-state index contributed by atoms with van der Waals surface area (Å²) in [6.45, 7) is 9.26. The smallest absolute Gasteiger partial charge is 0.253 e. The summed E-state index contributed by atoms with van der Waals surface area (Å²) >= 11 is 0. The molecule has 2 atom stereocenters. The first-order chi connectivity index (χ1) is 22.4. The molecule has 0 aliphatic rings. The molecule has 3 N–H and O–H groups in total. The number of rotatable bonds is 19. The number of aliphatic hydroxyl groups is 1. The van der Waals surface area contributed by atoms with Gasteiger partial charge in [-0.15, -0.1) is 4.83 Å². The Morgan fingerprint density at radius 1 is 0.833 bits per heavy atom. The van der Waals surface area contributed by atoms with Gasteiger partial charge in [-0.2, -0.15) is 0 Å². The molecule has 2 unspecified atom stereocenters. The zero-order valence-corrected chi connectivity index (χ0v) is 30.3. The molecule has 2 aromatic carbocycles. The lowest BCUT2D eigenvalue weighted by atomic mass is 9.99. The van der Waals surface area contributed by atoms with Crippen LogP contribution in [-0.2, 0) is 26.5 Å². The minimum atomic E-state index is -4.11. The fourth-order valence-electron chi connectivity index (χ4n) is 4.85. The summed E-state index contributed by atoms with van der Waals surface area (Å²) in [7, 11) is -5.29. The van der Waals surface area contributed by atoms with E-state index in [1.807, 2.05) is 13.8 Å². The molecule has 0 aliphatic carbocycles. The number of hydrogen-bond donors (Lipinski definition) is 3. The molecule has 0 spiro atoms. The summed E-state index contributed by atoms with van der Waals surface area (Å²) < 4.78 is 80.8. The summed E-state index contributed by atoms with van der Waals surface area (Å²) in [6.07, 6.45) is 0.0347. The normalized spacial score (nSPS) is 13.6. The van der Waals surface area contributed by atoms with Crippen LogP contribution in [0.1, 0.15) is 80.2 Å². The van der Waals surface area contributed by atoms with Crippen molar-refractivity contribution < 1.29 is 40.3 Å². The molecule has 0 bridgehead atoms. The summed E-state index contributed by atoms with van der Waals surface area (Å²) in [6, 6.07) is 5.08. The molecule has 2 aromatic rings. The molecule has 0 saturated carbocycles. The zero-order valence-electron chi connectivity index (χ0n) is 28.7. The van der Waals surface area contributed by atoms with Crippen molar-refractivity contribution in [2.45, 2.75) is 82.6 Å². The molecule has 16 heteroatoms. The van der Waals surface area contributed by atoms with E-state index in [1.165, 1.54) is 45.1 Å². The lowest BCUT2D eigenvalue weighted by molar-refractivity contribution is 0.0617. The number of halogens is 2. The van der Waals surface area contributed by atoms with E-state index >= 15 is 0 Å². The van der Waals surface area contributed by atoms with E-state index in [4.69, 9.17) is 0 Å². The van der Waals surface area contributed by atoms with Crippen LogP contribution in [0.4, 0.5) is 8.78 Å². The fourth-order valence-corrected chi connectivity index (χ4v) is 6.56. The molecule has 0 fully saturated rings. The highest BCUT2D eigenvalue weighted by atomic mass is 32.2. The van der Waals surface area contributed by atoms with Crippen molar-refractivity contribution in [1.82, 2.24) is 24.4 Å². The second kappa shape index (κ2) is 18.1. The third kappa shape index (κ3) is 11.6. The predicted octanol–water partition coefficient (Wildman–Crippen LogP) is 3.13. The summed E-state index contributed by atoms with van der Waals surface area (Å²) in [4.78, 5) is 31.1. The first kappa shape index (κ1) is 41.2. The Balaban J connectivity index is 2.61. The molecule has 0 saturated heterocycles. The number of hydrazine groups is 1. The van der Waals surface area contributed by atoms with Crippen LogP contribution >= 0.6 is 0 Å². The highest BCUT2D eigenvalue weighted by Gasteiger charge is 2.29. The highest BCUT2D eigenvalue weighted by molar-refractivity contribution is 7.90. The maximum absolute atomic E-state index is 14.1. The van der Waals surface area contributed by atoms with Crippen molar-refractivity contribution in [3.8, 4) is 0 Å². The molecule has 2 amide bonds. The van der Waals surface area contributed by atoms with Gasteiger partial charge in [0.1, 0.15) is 11.6 Å². The van der Waals surface area contributed by atoms with E-state index in [-0.39, 0.29) is 41.1 Å². The van der Waals surface area contributed by atoms with Gasteiger partial charge in [-0.3, -0.25) is 9.59 Å². The SMILES string of the molecule is CCCN(CC(O)C(Cc1cc(F)cc(F)c1)NC(=O)c1cc(C(=O)N(CCC)CCC)cc(S(=O)(=O)N(C)C)c1)NS(=O)(=O)C(C)C. The van der Waals surface area contributed by atoms with Crippen molar-refractivity contribution in [2.75, 3.05) is 40.3 Å². The average molecular weight is 718 g/mol. The molecule has 0 aliphatic heterocycles. The van der Waals surface area contributed by atoms with Crippen LogP contribution in [0.3, 0.4) is 0 Å². The lowest BCUT2D eigenvalue weighted by Crippen LogP contribution is -2.54. The number of amides is 2. The number of hydrogen-bond acceptors (Lipinski definition) is 8. The number of nitrogens with zero attached hydrogens (tertiary/aromatic N) is 3. The molecular weight excluding hydrogens is 669 g/mol. The van der Waals surface area contributed by atoms with Gasteiger partial charge in [-0.25, -0.2) is 34.9 Å². The van der Waals surface area contributed by atoms with Gasteiger partial charge in [0.2, 0.25) is 20.0 Å². The van der Waals surface area contributed by atoms with E-state index in [9.17, 15) is 40.3 Å². The molecule has 0 heterocycles. The van der Waals surface area contributed by atoms with Gasteiger partial charge >= 0.3 is 0 Å². The largest absolute Gasteiger partial charge is 0.390 e. The van der Waals surface area contributed by atoms with Gasteiger partial charge < -0.3 is 15.3 Å². The Hall–Kier alpha value is -3.02. The van der Waals surface area contributed by atoms with Crippen LogP contribution < -0.4 is 10.1 Å². The van der Waals surface area contributed by atoms with E-state index in [0.29, 0.717) is 38.4 Å². The van der Waals surface area contributed by atoms with Crippen molar-refractivity contribution in [3.63, 3.8) is 0 Å². The van der Waals surface area contributed by atoms with E-state index in [0.717, 1.165) is 22.5 Å². The van der Waals surface area contributed by atoms with Gasteiger partial charge in [-0.1, -0.05) is 20.8 Å². The molecule has 0 radical (unpaired) electrons. The maximum atomic E-state index is 14.1. The molecule has 270 valence electrons. The average Bonchev–Trinajstić information content (AvgIpc) is 2.99. The van der Waals surface area contributed by atoms with Gasteiger partial charge in [0.05, 0.1) is 22.3 Å². The van der Waals surface area contributed by atoms with Gasteiger partial charge in [0.15, 0.2) is 0 Å². The maximum Gasteiger partial charge on any atom is 0.253 e. The third-order valence-corrected chi connectivity index (χ3v) is 11.0. The van der Waals surface area contributed by atoms with Crippen molar-refractivity contribution in [3.05, 3.63) is 64.7 Å². The lowest BCUT2D eigenvalue weighted by Gasteiger charge is -2.30. The van der Waals surface area contributed by atoms with Crippen molar-refractivity contribution in [2.24, 2.45) is 0 Å². The Bertz CT molecular complexity index is 1600. The number of carbonyl (C=O) groups is 2. The second-order valence-electron chi connectivity index (χ2n) is 12.1. The summed E-state index contributed by atoms with van der Waals surface area (Å²) in [5.41, 5.74) is -0.148.